The van der Waals surface area contributed by atoms with Crippen LogP contribution >= 0.6 is 23.2 Å². The zero-order chi connectivity index (χ0) is 18.5. The number of nitrogens with one attached hydrogen (secondary N) is 1. The van der Waals surface area contributed by atoms with E-state index in [-0.39, 0.29) is 5.91 Å². The Morgan fingerprint density at radius 1 is 1.19 bits per heavy atom. The summed E-state index contributed by atoms with van der Waals surface area (Å²) in [5, 5.41) is 14.3. The zero-order valence-corrected chi connectivity index (χ0v) is 15.3. The van der Waals surface area contributed by atoms with Crippen molar-refractivity contribution in [1.29, 1.82) is 0 Å². The standard InChI is InChI=1S/C17H15Cl2N5O2/c1-2-7-26-16-14(18)8-11(9-15(16)19)17(25)21-12-3-5-13(6-4-12)24-10-20-22-23-24/h3-6,8-10H,2,7H2,1H3,(H,21,25). The molecule has 0 spiro atoms. The maximum Gasteiger partial charge on any atom is 0.255 e. The van der Waals surface area contributed by atoms with E-state index >= 15 is 0 Å². The van der Waals surface area contributed by atoms with E-state index < -0.39 is 0 Å². The van der Waals surface area contributed by atoms with Crippen LogP contribution in [0, 0.1) is 0 Å². The third-order valence-corrected chi connectivity index (χ3v) is 4.01. The van der Waals surface area contributed by atoms with Crippen LogP contribution in [0.3, 0.4) is 0 Å². The average molecular weight is 392 g/mol. The minimum atomic E-state index is -0.328. The van der Waals surface area contributed by atoms with Crippen molar-refractivity contribution in [2.24, 2.45) is 0 Å². The van der Waals surface area contributed by atoms with Gasteiger partial charge in [-0.3, -0.25) is 4.79 Å². The van der Waals surface area contributed by atoms with Crippen molar-refractivity contribution in [2.75, 3.05) is 11.9 Å². The Bertz CT molecular complexity index is 875. The van der Waals surface area contributed by atoms with Crippen molar-refractivity contribution in [3.63, 3.8) is 0 Å². The Balaban J connectivity index is 1.73. The summed E-state index contributed by atoms with van der Waals surface area (Å²) in [6.45, 7) is 2.48. The van der Waals surface area contributed by atoms with E-state index in [9.17, 15) is 4.79 Å². The molecular weight excluding hydrogens is 377 g/mol. The topological polar surface area (TPSA) is 81.9 Å². The molecule has 0 fully saturated rings. The number of rotatable bonds is 6. The highest BCUT2D eigenvalue weighted by atomic mass is 35.5. The van der Waals surface area contributed by atoms with Crippen LogP contribution in [0.5, 0.6) is 5.75 Å². The number of carbonyl (C=O) groups is 1. The lowest BCUT2D eigenvalue weighted by Gasteiger charge is -2.11. The van der Waals surface area contributed by atoms with Gasteiger partial charge >= 0.3 is 0 Å². The van der Waals surface area contributed by atoms with E-state index in [2.05, 4.69) is 20.8 Å². The molecule has 0 saturated heterocycles. The van der Waals surface area contributed by atoms with Gasteiger partial charge in [0.2, 0.25) is 0 Å². The predicted molar refractivity (Wildman–Crippen MR) is 99.4 cm³/mol. The van der Waals surface area contributed by atoms with Crippen LogP contribution in [0.15, 0.2) is 42.7 Å². The molecule has 9 heteroatoms. The van der Waals surface area contributed by atoms with E-state index in [1.54, 1.807) is 24.3 Å². The molecule has 1 aromatic heterocycles. The van der Waals surface area contributed by atoms with E-state index in [0.717, 1.165) is 12.1 Å². The Kier molecular flexibility index (Phi) is 5.70. The van der Waals surface area contributed by atoms with Gasteiger partial charge in [0.25, 0.3) is 5.91 Å². The molecule has 3 rings (SSSR count). The van der Waals surface area contributed by atoms with E-state index in [1.165, 1.54) is 23.1 Å². The fourth-order valence-electron chi connectivity index (χ4n) is 2.21. The third kappa shape index (κ3) is 4.12. The van der Waals surface area contributed by atoms with Gasteiger partial charge in [-0.15, -0.1) is 5.10 Å². The normalized spacial score (nSPS) is 10.6. The summed E-state index contributed by atoms with van der Waals surface area (Å²) in [6.07, 6.45) is 2.31. The SMILES string of the molecule is CCCOc1c(Cl)cc(C(=O)Nc2ccc(-n3cnnn3)cc2)cc1Cl. The lowest BCUT2D eigenvalue weighted by atomic mass is 10.2. The number of hydrogen-bond acceptors (Lipinski definition) is 5. The fraction of sp³-hybridized carbons (Fsp3) is 0.176. The van der Waals surface area contributed by atoms with Crippen molar-refractivity contribution in [1.82, 2.24) is 20.2 Å². The van der Waals surface area contributed by atoms with Gasteiger partial charge in [-0.25, -0.2) is 4.68 Å². The largest absolute Gasteiger partial charge is 0.490 e. The summed E-state index contributed by atoms with van der Waals surface area (Å²) in [4.78, 5) is 12.5. The maximum absolute atomic E-state index is 12.5. The van der Waals surface area contributed by atoms with Crippen LogP contribution in [-0.2, 0) is 0 Å². The Hall–Kier alpha value is -2.64. The van der Waals surface area contributed by atoms with Crippen LogP contribution in [0.25, 0.3) is 5.69 Å². The first kappa shape index (κ1) is 18.2. The highest BCUT2D eigenvalue weighted by molar-refractivity contribution is 6.37. The van der Waals surface area contributed by atoms with Gasteiger partial charge < -0.3 is 10.1 Å². The number of anilines is 1. The summed E-state index contributed by atoms with van der Waals surface area (Å²) in [5.74, 6) is 0.0588. The van der Waals surface area contributed by atoms with Crippen LogP contribution in [0.1, 0.15) is 23.7 Å². The first-order valence-electron chi connectivity index (χ1n) is 7.85. The van der Waals surface area contributed by atoms with Crippen LogP contribution in [0.4, 0.5) is 5.69 Å². The molecule has 1 amide bonds. The highest BCUT2D eigenvalue weighted by Crippen LogP contribution is 2.34. The lowest BCUT2D eigenvalue weighted by Crippen LogP contribution is -2.12. The van der Waals surface area contributed by atoms with Gasteiger partial charge in [-0.1, -0.05) is 30.1 Å². The summed E-state index contributed by atoms with van der Waals surface area (Å²) < 4.78 is 7.02. The number of carbonyl (C=O) groups excluding carboxylic acids is 1. The van der Waals surface area contributed by atoms with Crippen molar-refractivity contribution in [2.45, 2.75) is 13.3 Å². The van der Waals surface area contributed by atoms with Gasteiger partial charge in [0, 0.05) is 11.3 Å². The quantitative estimate of drug-likeness (QED) is 0.686. The Morgan fingerprint density at radius 3 is 2.46 bits per heavy atom. The van der Waals surface area contributed by atoms with Gasteiger partial charge in [0.15, 0.2) is 5.75 Å². The van der Waals surface area contributed by atoms with Crippen LogP contribution in [0.2, 0.25) is 10.0 Å². The van der Waals surface area contributed by atoms with E-state index in [1.807, 2.05) is 6.92 Å². The minimum Gasteiger partial charge on any atom is -0.490 e. The molecule has 0 bridgehead atoms. The first-order valence-corrected chi connectivity index (χ1v) is 8.60. The number of halogens is 2. The summed E-state index contributed by atoms with van der Waals surface area (Å²) >= 11 is 12.4. The summed E-state index contributed by atoms with van der Waals surface area (Å²) in [5.41, 5.74) is 1.73. The number of amides is 1. The minimum absolute atomic E-state index is 0.296. The van der Waals surface area contributed by atoms with Crippen molar-refractivity contribution in [3.8, 4) is 11.4 Å². The summed E-state index contributed by atoms with van der Waals surface area (Å²) in [7, 11) is 0. The number of hydrogen-bond donors (Lipinski definition) is 1. The van der Waals surface area contributed by atoms with Crippen LogP contribution < -0.4 is 10.1 Å². The Morgan fingerprint density at radius 2 is 1.88 bits per heavy atom. The van der Waals surface area contributed by atoms with Crippen molar-refractivity contribution >= 4 is 34.8 Å². The molecule has 0 atom stereocenters. The van der Waals surface area contributed by atoms with Crippen molar-refractivity contribution in [3.05, 3.63) is 58.3 Å². The first-order chi connectivity index (χ1) is 12.6. The molecule has 0 saturated carbocycles. The average Bonchev–Trinajstić information content (AvgIpc) is 3.16. The second-order valence-electron chi connectivity index (χ2n) is 5.37. The molecule has 0 radical (unpaired) electrons. The zero-order valence-electron chi connectivity index (χ0n) is 13.8. The van der Waals surface area contributed by atoms with Gasteiger partial charge in [-0.05, 0) is 53.2 Å². The monoisotopic (exact) mass is 391 g/mol. The second kappa shape index (κ2) is 8.16. The van der Waals surface area contributed by atoms with Crippen molar-refractivity contribution < 1.29 is 9.53 Å². The molecule has 0 aliphatic heterocycles. The predicted octanol–water partition coefficient (Wildman–Crippen LogP) is 4.01. The maximum atomic E-state index is 12.5. The lowest BCUT2D eigenvalue weighted by molar-refractivity contribution is 0.102. The molecule has 0 aliphatic carbocycles. The number of benzene rings is 2. The van der Waals surface area contributed by atoms with E-state index in [0.29, 0.717) is 33.7 Å². The molecule has 3 aromatic rings. The molecule has 2 aromatic carbocycles. The number of ether oxygens (including phenoxy) is 1. The molecule has 7 nitrogen and oxygen atoms in total. The molecule has 1 heterocycles. The number of tetrazole rings is 1. The smallest absolute Gasteiger partial charge is 0.255 e. The highest BCUT2D eigenvalue weighted by Gasteiger charge is 2.14. The van der Waals surface area contributed by atoms with Gasteiger partial charge in [-0.2, -0.15) is 0 Å². The molecule has 26 heavy (non-hydrogen) atoms. The van der Waals surface area contributed by atoms with E-state index in [4.69, 9.17) is 27.9 Å². The second-order valence-corrected chi connectivity index (χ2v) is 6.19. The molecule has 134 valence electrons. The number of nitrogens with zero attached hydrogens (tertiary/aromatic N) is 4. The van der Waals surface area contributed by atoms with Gasteiger partial charge in [0.05, 0.1) is 22.3 Å². The third-order valence-electron chi connectivity index (χ3n) is 3.45. The number of aromatic nitrogens is 4. The summed E-state index contributed by atoms with van der Waals surface area (Å²) in [6, 6.07) is 10.1. The fourth-order valence-corrected chi connectivity index (χ4v) is 2.81. The van der Waals surface area contributed by atoms with Crippen LogP contribution in [-0.4, -0.2) is 32.7 Å². The van der Waals surface area contributed by atoms with Gasteiger partial charge in [0.1, 0.15) is 6.33 Å². The molecule has 0 unspecified atom stereocenters. The molecule has 1 N–H and O–H groups in total. The molecule has 0 aliphatic rings. The molecular formula is C17H15Cl2N5O2. The Labute approximate surface area is 159 Å².